The summed E-state index contributed by atoms with van der Waals surface area (Å²) in [5, 5.41) is 21.4. The molecule has 9 heteroatoms. The fourth-order valence-corrected chi connectivity index (χ4v) is 4.24. The highest BCUT2D eigenvalue weighted by Gasteiger charge is 2.33. The molecule has 2 aromatic rings. The molecular weight excluding hydrogens is 407 g/mol. The van der Waals surface area contributed by atoms with E-state index < -0.39 is 37.0 Å². The van der Waals surface area contributed by atoms with E-state index in [4.69, 9.17) is 5.73 Å². The smallest absolute Gasteiger partial charge is 0.326 e. The summed E-state index contributed by atoms with van der Waals surface area (Å²) in [6, 6.07) is 13.7. The van der Waals surface area contributed by atoms with Gasteiger partial charge in [0.2, 0.25) is 13.3 Å². The molecule has 0 aliphatic rings. The molecule has 2 aromatic carbocycles. The van der Waals surface area contributed by atoms with Crippen molar-refractivity contribution in [2.75, 3.05) is 6.16 Å². The Morgan fingerprint density at radius 1 is 1.03 bits per heavy atom. The lowest BCUT2D eigenvalue weighted by Gasteiger charge is -2.24. The number of benzene rings is 2. The van der Waals surface area contributed by atoms with E-state index in [9.17, 15) is 29.3 Å². The van der Waals surface area contributed by atoms with E-state index in [-0.39, 0.29) is 24.8 Å². The summed E-state index contributed by atoms with van der Waals surface area (Å²) in [4.78, 5) is 34.8. The largest absolute Gasteiger partial charge is 0.508 e. The van der Waals surface area contributed by atoms with Crippen LogP contribution < -0.4 is 11.1 Å². The predicted molar refractivity (Wildman–Crippen MR) is 113 cm³/mol. The second kappa shape index (κ2) is 10.4. The fourth-order valence-electron chi connectivity index (χ4n) is 2.98. The minimum absolute atomic E-state index is 0.00346. The lowest BCUT2D eigenvalue weighted by atomic mass is 9.99. The van der Waals surface area contributed by atoms with Crippen LogP contribution in [0.3, 0.4) is 0 Å². The van der Waals surface area contributed by atoms with E-state index in [1.165, 1.54) is 19.1 Å². The molecule has 0 aromatic heterocycles. The van der Waals surface area contributed by atoms with E-state index in [1.807, 2.05) is 6.07 Å². The Balaban J connectivity index is 2.20. The van der Waals surface area contributed by atoms with Gasteiger partial charge in [0.25, 0.3) is 0 Å². The first-order valence-electron chi connectivity index (χ1n) is 9.50. The zero-order valence-corrected chi connectivity index (χ0v) is 17.5. The van der Waals surface area contributed by atoms with Gasteiger partial charge in [0.1, 0.15) is 11.8 Å². The van der Waals surface area contributed by atoms with Crippen LogP contribution >= 0.6 is 7.37 Å². The SMILES string of the molecule is C[C@H](N)P(=O)(O)C[C@@H](Cc1ccccc1)C(=O)N[C@@H](Cc1ccc(O)cc1)C(=O)O. The molecule has 4 atom stereocenters. The predicted octanol–water partition coefficient (Wildman–Crippen LogP) is 1.94. The van der Waals surface area contributed by atoms with Gasteiger partial charge in [-0.25, -0.2) is 4.79 Å². The molecule has 0 aliphatic heterocycles. The number of rotatable bonds is 10. The Morgan fingerprint density at radius 2 is 1.60 bits per heavy atom. The number of phenols is 1. The van der Waals surface area contributed by atoms with Gasteiger partial charge in [-0.1, -0.05) is 42.5 Å². The standard InChI is InChI=1S/C21H27N2O6P/c1-14(22)30(28,29)13-17(11-15-5-3-2-4-6-15)20(25)23-19(21(26)27)12-16-7-9-18(24)10-8-16/h2-10,14,17,19,24H,11-13,22H2,1H3,(H,23,25)(H,26,27)(H,28,29)/t14-,17-,19+/m1/s1. The third-order valence-corrected chi connectivity index (χ3v) is 7.04. The fraction of sp³-hybridized carbons (Fsp3) is 0.333. The molecular formula is C21H27N2O6P. The third-order valence-electron chi connectivity index (χ3n) is 4.80. The average molecular weight is 434 g/mol. The molecule has 30 heavy (non-hydrogen) atoms. The molecule has 0 radical (unpaired) electrons. The maximum atomic E-state index is 12.9. The number of hydrogen-bond acceptors (Lipinski definition) is 5. The Kier molecular flexibility index (Phi) is 8.17. The van der Waals surface area contributed by atoms with Crippen molar-refractivity contribution in [3.8, 4) is 5.75 Å². The van der Waals surface area contributed by atoms with Crippen LogP contribution in [0.4, 0.5) is 0 Å². The van der Waals surface area contributed by atoms with Gasteiger partial charge in [0.05, 0.1) is 11.7 Å². The van der Waals surface area contributed by atoms with E-state index in [0.29, 0.717) is 5.56 Å². The van der Waals surface area contributed by atoms with Crippen molar-refractivity contribution in [2.24, 2.45) is 11.7 Å². The van der Waals surface area contributed by atoms with Crippen LogP contribution in [0.2, 0.25) is 0 Å². The first kappa shape index (κ1) is 23.6. The Bertz CT molecular complexity index is 901. The van der Waals surface area contributed by atoms with Crippen molar-refractivity contribution in [3.05, 3.63) is 65.7 Å². The summed E-state index contributed by atoms with van der Waals surface area (Å²) < 4.78 is 12.5. The number of nitrogens with one attached hydrogen (secondary N) is 1. The number of aliphatic carboxylic acids is 1. The number of nitrogens with two attached hydrogens (primary N) is 1. The first-order chi connectivity index (χ1) is 14.1. The number of carboxylic acids is 1. The molecule has 1 unspecified atom stereocenters. The van der Waals surface area contributed by atoms with Crippen molar-refractivity contribution in [1.82, 2.24) is 5.32 Å². The summed E-state index contributed by atoms with van der Waals surface area (Å²) in [6.07, 6.45) is -0.171. The molecule has 0 bridgehead atoms. The molecule has 0 heterocycles. The van der Waals surface area contributed by atoms with E-state index in [1.54, 1.807) is 36.4 Å². The molecule has 8 nitrogen and oxygen atoms in total. The van der Waals surface area contributed by atoms with Crippen LogP contribution in [0.25, 0.3) is 0 Å². The van der Waals surface area contributed by atoms with Crippen molar-refractivity contribution in [2.45, 2.75) is 31.6 Å². The summed E-state index contributed by atoms with van der Waals surface area (Å²) in [6.45, 7) is 1.41. The third kappa shape index (κ3) is 6.99. The van der Waals surface area contributed by atoms with E-state index in [0.717, 1.165) is 5.56 Å². The average Bonchev–Trinajstić information content (AvgIpc) is 2.69. The molecule has 1 amide bonds. The minimum atomic E-state index is -3.81. The van der Waals surface area contributed by atoms with Crippen molar-refractivity contribution in [3.63, 3.8) is 0 Å². The van der Waals surface area contributed by atoms with Crippen molar-refractivity contribution in [1.29, 1.82) is 0 Å². The van der Waals surface area contributed by atoms with Gasteiger partial charge in [-0.05, 0) is 36.6 Å². The monoisotopic (exact) mass is 434 g/mol. The number of carbonyl (C=O) groups is 2. The lowest BCUT2D eigenvalue weighted by Crippen LogP contribution is -2.46. The number of phenolic OH excluding ortho intramolecular Hbond substituents is 1. The number of aromatic hydroxyl groups is 1. The second-order valence-corrected chi connectivity index (χ2v) is 10.0. The van der Waals surface area contributed by atoms with Gasteiger partial charge >= 0.3 is 5.97 Å². The molecule has 6 N–H and O–H groups in total. The van der Waals surface area contributed by atoms with Crippen LogP contribution in [0.1, 0.15) is 18.1 Å². The Hall–Kier alpha value is -2.67. The van der Waals surface area contributed by atoms with Crippen molar-refractivity contribution >= 4 is 19.2 Å². The van der Waals surface area contributed by atoms with Crippen LogP contribution in [0, 0.1) is 5.92 Å². The summed E-state index contributed by atoms with van der Waals surface area (Å²) in [7, 11) is -3.81. The number of hydrogen-bond donors (Lipinski definition) is 5. The Morgan fingerprint density at radius 3 is 2.13 bits per heavy atom. The zero-order valence-electron chi connectivity index (χ0n) is 16.6. The zero-order chi connectivity index (χ0) is 22.3. The normalized spacial score (nSPS) is 16.1. The first-order valence-corrected chi connectivity index (χ1v) is 11.4. The molecule has 162 valence electrons. The highest BCUT2D eigenvalue weighted by Crippen LogP contribution is 2.45. The van der Waals surface area contributed by atoms with Crippen LogP contribution in [0.15, 0.2) is 54.6 Å². The van der Waals surface area contributed by atoms with Crippen molar-refractivity contribution < 1.29 is 29.3 Å². The quantitative estimate of drug-likeness (QED) is 0.359. The molecule has 0 aliphatic carbocycles. The van der Waals surface area contributed by atoms with Gasteiger partial charge in [-0.15, -0.1) is 0 Å². The van der Waals surface area contributed by atoms with Gasteiger partial charge in [0, 0.05) is 12.6 Å². The van der Waals surface area contributed by atoms with Gasteiger partial charge in [-0.2, -0.15) is 0 Å². The molecule has 0 spiro atoms. The van der Waals surface area contributed by atoms with Crippen LogP contribution in [-0.2, 0) is 27.0 Å². The van der Waals surface area contributed by atoms with Gasteiger partial charge in [0.15, 0.2) is 0 Å². The molecule has 0 saturated heterocycles. The van der Waals surface area contributed by atoms with E-state index >= 15 is 0 Å². The number of amides is 1. The van der Waals surface area contributed by atoms with Gasteiger partial charge in [-0.3, -0.25) is 9.36 Å². The molecule has 2 rings (SSSR count). The molecule has 0 saturated carbocycles. The second-order valence-electron chi connectivity index (χ2n) is 7.34. The minimum Gasteiger partial charge on any atom is -0.508 e. The topological polar surface area (TPSA) is 150 Å². The number of carbonyl (C=O) groups excluding carboxylic acids is 1. The molecule has 0 fully saturated rings. The number of carboxylic acid groups (broad SMARTS) is 1. The summed E-state index contributed by atoms with van der Waals surface area (Å²) in [5.41, 5.74) is 7.02. The van der Waals surface area contributed by atoms with E-state index in [2.05, 4.69) is 5.32 Å². The van der Waals surface area contributed by atoms with Gasteiger partial charge < -0.3 is 26.2 Å². The maximum absolute atomic E-state index is 12.9. The summed E-state index contributed by atoms with van der Waals surface area (Å²) in [5.74, 6) is -3.73. The van der Waals surface area contributed by atoms with Crippen LogP contribution in [0.5, 0.6) is 5.75 Å². The lowest BCUT2D eigenvalue weighted by molar-refractivity contribution is -0.142. The highest BCUT2D eigenvalue weighted by atomic mass is 31.2. The highest BCUT2D eigenvalue weighted by molar-refractivity contribution is 7.58. The van der Waals surface area contributed by atoms with Crippen LogP contribution in [-0.4, -0.2) is 45.0 Å². The maximum Gasteiger partial charge on any atom is 0.326 e. The Labute approximate surface area is 175 Å². The summed E-state index contributed by atoms with van der Waals surface area (Å²) >= 11 is 0.